The Kier molecular flexibility index (Phi) is 2.85. The quantitative estimate of drug-likeness (QED) is 0.602. The Bertz CT molecular complexity index is 405. The van der Waals surface area contributed by atoms with Crippen molar-refractivity contribution in [3.8, 4) is 0 Å². The highest BCUT2D eigenvalue weighted by molar-refractivity contribution is 5.77. The van der Waals surface area contributed by atoms with Gasteiger partial charge in [0.1, 0.15) is 6.04 Å². The lowest BCUT2D eigenvalue weighted by Crippen LogP contribution is -2.45. The molecule has 0 radical (unpaired) electrons. The van der Waals surface area contributed by atoms with Crippen LogP contribution in [0.25, 0.3) is 0 Å². The van der Waals surface area contributed by atoms with Crippen LogP contribution in [-0.2, 0) is 4.79 Å². The second-order valence-corrected chi connectivity index (χ2v) is 3.85. The molecule has 1 amide bonds. The Hall–Kier alpha value is -1.91. The Balaban J connectivity index is 2.27. The van der Waals surface area contributed by atoms with Crippen LogP contribution in [0.4, 0.5) is 0 Å². The van der Waals surface area contributed by atoms with Crippen molar-refractivity contribution in [3.63, 3.8) is 0 Å². The van der Waals surface area contributed by atoms with E-state index in [1.54, 1.807) is 12.1 Å². The molecule has 2 rings (SSSR count). The number of hydrogen-bond acceptors (Lipinski definition) is 3. The molecule has 0 bridgehead atoms. The van der Waals surface area contributed by atoms with Crippen molar-refractivity contribution in [1.82, 2.24) is 5.32 Å². The average molecular weight is 220 g/mol. The maximum absolute atomic E-state index is 11.3. The average Bonchev–Trinajstić information content (AvgIpc) is 2.29. The predicted octanol–water partition coefficient (Wildman–Crippen LogP) is 1.28. The number of nitrogens with one attached hydrogen (secondary N) is 1. The largest absolute Gasteiger partial charge is 0.343 e. The fraction of sp³-hybridized carbons (Fsp3) is 0.364. The van der Waals surface area contributed by atoms with Crippen LogP contribution in [0.2, 0.25) is 0 Å². The smallest absolute Gasteiger partial charge is 0.237 e. The first-order valence-electron chi connectivity index (χ1n) is 5.16. The van der Waals surface area contributed by atoms with Gasteiger partial charge >= 0.3 is 0 Å². The number of rotatable bonds is 2. The van der Waals surface area contributed by atoms with Gasteiger partial charge in [-0.2, -0.15) is 0 Å². The minimum absolute atomic E-state index is 0.119. The third-order valence-electron chi connectivity index (χ3n) is 2.80. The van der Waals surface area contributed by atoms with Gasteiger partial charge in [-0.1, -0.05) is 30.3 Å². The van der Waals surface area contributed by atoms with E-state index in [-0.39, 0.29) is 17.3 Å². The number of piperidine rings is 1. The number of amides is 1. The van der Waals surface area contributed by atoms with E-state index in [9.17, 15) is 14.9 Å². The van der Waals surface area contributed by atoms with Crippen LogP contribution in [-0.4, -0.2) is 16.9 Å². The molecule has 0 aliphatic carbocycles. The van der Waals surface area contributed by atoms with Crippen molar-refractivity contribution in [1.29, 1.82) is 0 Å². The number of nitro groups is 1. The third-order valence-corrected chi connectivity index (χ3v) is 2.80. The molecule has 1 heterocycles. The fourth-order valence-electron chi connectivity index (χ4n) is 1.98. The molecule has 0 spiro atoms. The molecule has 1 aromatic carbocycles. The second-order valence-electron chi connectivity index (χ2n) is 3.85. The highest BCUT2D eigenvalue weighted by Crippen LogP contribution is 2.25. The molecule has 1 aliphatic heterocycles. The van der Waals surface area contributed by atoms with E-state index in [0.717, 1.165) is 5.56 Å². The molecule has 1 N–H and O–H groups in total. The van der Waals surface area contributed by atoms with Crippen molar-refractivity contribution in [2.75, 3.05) is 0 Å². The van der Waals surface area contributed by atoms with Crippen molar-refractivity contribution in [2.45, 2.75) is 24.9 Å². The van der Waals surface area contributed by atoms with Crippen LogP contribution in [0.3, 0.4) is 0 Å². The van der Waals surface area contributed by atoms with E-state index in [0.29, 0.717) is 6.42 Å². The van der Waals surface area contributed by atoms with Gasteiger partial charge in [-0.15, -0.1) is 0 Å². The minimum Gasteiger partial charge on any atom is -0.343 e. The summed E-state index contributed by atoms with van der Waals surface area (Å²) in [7, 11) is 0. The van der Waals surface area contributed by atoms with Gasteiger partial charge in [0.25, 0.3) is 0 Å². The topological polar surface area (TPSA) is 72.2 Å². The van der Waals surface area contributed by atoms with Crippen molar-refractivity contribution in [2.24, 2.45) is 0 Å². The van der Waals surface area contributed by atoms with Crippen LogP contribution in [0, 0.1) is 10.1 Å². The first-order valence-corrected chi connectivity index (χ1v) is 5.16. The SMILES string of the molecule is O=C1CC[C@H]([N+](=O)[O-])[C@H](c2ccccc2)N1. The molecule has 5 heteroatoms. The summed E-state index contributed by atoms with van der Waals surface area (Å²) in [5.74, 6) is -0.119. The molecule has 0 saturated carbocycles. The normalized spacial score (nSPS) is 24.9. The molecule has 1 aliphatic rings. The molecule has 16 heavy (non-hydrogen) atoms. The van der Waals surface area contributed by atoms with E-state index >= 15 is 0 Å². The molecule has 0 aromatic heterocycles. The maximum atomic E-state index is 11.3. The lowest BCUT2D eigenvalue weighted by molar-refractivity contribution is -0.529. The zero-order valence-electron chi connectivity index (χ0n) is 8.63. The van der Waals surface area contributed by atoms with Gasteiger partial charge in [0, 0.05) is 17.8 Å². The van der Waals surface area contributed by atoms with Gasteiger partial charge < -0.3 is 5.32 Å². The second kappa shape index (κ2) is 4.30. The minimum atomic E-state index is -0.722. The van der Waals surface area contributed by atoms with E-state index in [4.69, 9.17) is 0 Å². The Morgan fingerprint density at radius 1 is 1.31 bits per heavy atom. The summed E-state index contributed by atoms with van der Waals surface area (Å²) in [6.07, 6.45) is 0.535. The molecular formula is C11H12N2O3. The Labute approximate surface area is 92.6 Å². The lowest BCUT2D eigenvalue weighted by Gasteiger charge is -2.26. The lowest BCUT2D eigenvalue weighted by atomic mass is 9.92. The van der Waals surface area contributed by atoms with Gasteiger partial charge in [0.2, 0.25) is 11.9 Å². The van der Waals surface area contributed by atoms with Crippen LogP contribution in [0.15, 0.2) is 30.3 Å². The van der Waals surface area contributed by atoms with Crippen LogP contribution < -0.4 is 5.32 Å². The Morgan fingerprint density at radius 3 is 2.62 bits per heavy atom. The highest BCUT2D eigenvalue weighted by atomic mass is 16.6. The van der Waals surface area contributed by atoms with E-state index in [1.165, 1.54) is 0 Å². The molecule has 84 valence electrons. The summed E-state index contributed by atoms with van der Waals surface area (Å²) in [4.78, 5) is 21.9. The number of benzene rings is 1. The number of carbonyl (C=O) groups is 1. The van der Waals surface area contributed by atoms with Gasteiger partial charge in [-0.25, -0.2) is 0 Å². The molecule has 0 unspecified atom stereocenters. The van der Waals surface area contributed by atoms with Crippen molar-refractivity contribution in [3.05, 3.63) is 46.0 Å². The summed E-state index contributed by atoms with van der Waals surface area (Å²) in [5, 5.41) is 13.6. The highest BCUT2D eigenvalue weighted by Gasteiger charge is 2.37. The van der Waals surface area contributed by atoms with Crippen LogP contribution in [0.1, 0.15) is 24.4 Å². The Morgan fingerprint density at radius 2 is 2.00 bits per heavy atom. The number of carbonyl (C=O) groups excluding carboxylic acids is 1. The van der Waals surface area contributed by atoms with Gasteiger partial charge in [0.15, 0.2) is 0 Å². The number of hydrogen-bond donors (Lipinski definition) is 1. The molecule has 1 saturated heterocycles. The van der Waals surface area contributed by atoms with Gasteiger partial charge in [-0.05, 0) is 5.56 Å². The fourth-order valence-corrected chi connectivity index (χ4v) is 1.98. The number of nitrogens with zero attached hydrogens (tertiary/aromatic N) is 1. The molecule has 2 atom stereocenters. The van der Waals surface area contributed by atoms with Gasteiger partial charge in [0.05, 0.1) is 0 Å². The summed E-state index contributed by atoms with van der Waals surface area (Å²) in [5.41, 5.74) is 0.789. The first-order chi connectivity index (χ1) is 7.68. The van der Waals surface area contributed by atoms with Gasteiger partial charge in [-0.3, -0.25) is 14.9 Å². The molecule has 5 nitrogen and oxygen atoms in total. The summed E-state index contributed by atoms with van der Waals surface area (Å²) in [6.45, 7) is 0. The molecule has 1 fully saturated rings. The molecular weight excluding hydrogens is 208 g/mol. The summed E-state index contributed by atoms with van der Waals surface area (Å²) >= 11 is 0. The standard InChI is InChI=1S/C11H12N2O3/c14-10-7-6-9(13(15)16)11(12-10)8-4-2-1-3-5-8/h1-5,9,11H,6-7H2,(H,12,14)/t9-,11-/m0/s1. The first kappa shape index (κ1) is 10.6. The van der Waals surface area contributed by atoms with Crippen LogP contribution in [0.5, 0.6) is 0 Å². The monoisotopic (exact) mass is 220 g/mol. The summed E-state index contributed by atoms with van der Waals surface area (Å²) < 4.78 is 0. The van der Waals surface area contributed by atoms with Crippen molar-refractivity contribution >= 4 is 5.91 Å². The maximum Gasteiger partial charge on any atom is 0.237 e. The van der Waals surface area contributed by atoms with E-state index in [1.807, 2.05) is 18.2 Å². The zero-order chi connectivity index (χ0) is 11.5. The van der Waals surface area contributed by atoms with Crippen molar-refractivity contribution < 1.29 is 9.72 Å². The molecule has 1 aromatic rings. The van der Waals surface area contributed by atoms with E-state index in [2.05, 4.69) is 5.32 Å². The third kappa shape index (κ3) is 2.03. The van der Waals surface area contributed by atoms with Crippen LogP contribution >= 0.6 is 0 Å². The summed E-state index contributed by atoms with van der Waals surface area (Å²) in [6, 6.07) is 7.84. The predicted molar refractivity (Wildman–Crippen MR) is 57.3 cm³/mol. The zero-order valence-corrected chi connectivity index (χ0v) is 8.63. The van der Waals surface area contributed by atoms with E-state index < -0.39 is 12.1 Å².